The van der Waals surface area contributed by atoms with Crippen molar-refractivity contribution in [3.05, 3.63) is 35.9 Å². The first kappa shape index (κ1) is 16.2. The van der Waals surface area contributed by atoms with E-state index in [1.165, 1.54) is 0 Å². The Kier molecular flexibility index (Phi) is 4.13. The lowest BCUT2D eigenvalue weighted by Gasteiger charge is -1.97. The monoisotopic (exact) mass is 332 g/mol. The quantitative estimate of drug-likeness (QED) is 0.871. The van der Waals surface area contributed by atoms with Crippen LogP contribution in [0.4, 0.5) is 0 Å². The van der Waals surface area contributed by atoms with Gasteiger partial charge in [0.25, 0.3) is 0 Å². The van der Waals surface area contributed by atoms with Crippen molar-refractivity contribution in [2.24, 2.45) is 25.9 Å². The van der Waals surface area contributed by atoms with E-state index < -0.39 is 11.9 Å². The van der Waals surface area contributed by atoms with Crippen LogP contribution in [0.2, 0.25) is 0 Å². The molecule has 2 aliphatic rings. The molecule has 8 nitrogen and oxygen atoms in total. The summed E-state index contributed by atoms with van der Waals surface area (Å²) < 4.78 is 3.49. The Balaban J connectivity index is 0.000000141. The molecule has 0 aromatic carbocycles. The van der Waals surface area contributed by atoms with E-state index in [9.17, 15) is 9.59 Å². The molecular weight excluding hydrogens is 312 g/mol. The van der Waals surface area contributed by atoms with Crippen molar-refractivity contribution in [2.45, 2.75) is 24.7 Å². The Bertz CT molecular complexity index is 701. The largest absolute Gasteiger partial charge is 0.481 e. The minimum Gasteiger partial charge on any atom is -0.481 e. The summed E-state index contributed by atoms with van der Waals surface area (Å²) in [5.41, 5.74) is 2.06. The van der Waals surface area contributed by atoms with Crippen LogP contribution in [0, 0.1) is 11.8 Å². The number of carboxylic acids is 2. The van der Waals surface area contributed by atoms with Gasteiger partial charge in [0.1, 0.15) is 0 Å². The number of aliphatic carboxylic acids is 2. The van der Waals surface area contributed by atoms with Crippen molar-refractivity contribution in [2.75, 3.05) is 0 Å². The predicted molar refractivity (Wildman–Crippen MR) is 83.4 cm³/mol. The zero-order chi connectivity index (χ0) is 17.4. The molecule has 0 bridgehead atoms. The number of hydrogen-bond acceptors (Lipinski definition) is 4. The molecule has 128 valence electrons. The van der Waals surface area contributed by atoms with Gasteiger partial charge in [-0.25, -0.2) is 0 Å². The van der Waals surface area contributed by atoms with Crippen molar-refractivity contribution < 1.29 is 19.8 Å². The molecular formula is C16H20N4O4. The molecule has 2 heterocycles. The van der Waals surface area contributed by atoms with Crippen LogP contribution in [0.1, 0.15) is 36.1 Å². The van der Waals surface area contributed by atoms with Gasteiger partial charge in [-0.15, -0.1) is 0 Å². The highest BCUT2D eigenvalue weighted by Gasteiger charge is 2.46. The SMILES string of the molecule is Cn1nccc1[C@@H]1C[C@H]1C(=O)O.Cn1nccc1[C@H]1C[C@@H]1C(=O)O. The van der Waals surface area contributed by atoms with Gasteiger partial charge in [-0.1, -0.05) is 0 Å². The molecule has 0 aliphatic heterocycles. The van der Waals surface area contributed by atoms with E-state index in [4.69, 9.17) is 10.2 Å². The molecule has 8 heteroatoms. The first-order valence-electron chi connectivity index (χ1n) is 7.81. The molecule has 0 unspecified atom stereocenters. The summed E-state index contributed by atoms with van der Waals surface area (Å²) in [5.74, 6) is -1.37. The highest BCUT2D eigenvalue weighted by Crippen LogP contribution is 2.47. The topological polar surface area (TPSA) is 110 Å². The van der Waals surface area contributed by atoms with E-state index in [0.29, 0.717) is 0 Å². The number of rotatable bonds is 4. The smallest absolute Gasteiger partial charge is 0.307 e. The van der Waals surface area contributed by atoms with Crippen molar-refractivity contribution in [1.82, 2.24) is 19.6 Å². The molecule has 0 spiro atoms. The standard InChI is InChI=1S/2C8H10N2O2/c2*1-10-7(2-3-9-10)5-4-6(5)8(11)12/h2*2-3,5-6H,4H2,1H3,(H,11,12)/t2*5-,6-/m10/s1. The van der Waals surface area contributed by atoms with Gasteiger partial charge in [0, 0.05) is 49.7 Å². The van der Waals surface area contributed by atoms with Crippen LogP contribution in [0.25, 0.3) is 0 Å². The Morgan fingerprint density at radius 3 is 1.50 bits per heavy atom. The van der Waals surface area contributed by atoms with Crippen LogP contribution < -0.4 is 0 Å². The van der Waals surface area contributed by atoms with E-state index in [-0.39, 0.29) is 23.7 Å². The predicted octanol–water partition coefficient (Wildman–Crippen LogP) is 1.22. The van der Waals surface area contributed by atoms with Gasteiger partial charge in [0.15, 0.2) is 0 Å². The van der Waals surface area contributed by atoms with Crippen molar-refractivity contribution in [3.8, 4) is 0 Å². The van der Waals surface area contributed by atoms with E-state index in [1.54, 1.807) is 21.8 Å². The second-order valence-corrected chi connectivity index (χ2v) is 6.33. The van der Waals surface area contributed by atoms with Crippen LogP contribution >= 0.6 is 0 Å². The van der Waals surface area contributed by atoms with Crippen LogP contribution in [-0.2, 0) is 23.7 Å². The van der Waals surface area contributed by atoms with Crippen LogP contribution in [0.15, 0.2) is 24.5 Å². The maximum Gasteiger partial charge on any atom is 0.307 e. The summed E-state index contributed by atoms with van der Waals surface area (Å²) in [7, 11) is 3.68. The van der Waals surface area contributed by atoms with Gasteiger partial charge in [-0.2, -0.15) is 10.2 Å². The number of nitrogens with zero attached hydrogens (tertiary/aromatic N) is 4. The number of aryl methyl sites for hydroxylation is 2. The second kappa shape index (κ2) is 6.10. The van der Waals surface area contributed by atoms with E-state index in [2.05, 4.69) is 10.2 Å². The first-order chi connectivity index (χ1) is 11.4. The summed E-state index contributed by atoms with van der Waals surface area (Å²) in [5, 5.41) is 25.4. The lowest BCUT2D eigenvalue weighted by atomic mass is 10.2. The van der Waals surface area contributed by atoms with Crippen molar-refractivity contribution in [1.29, 1.82) is 0 Å². The maximum absolute atomic E-state index is 10.5. The fraction of sp³-hybridized carbons (Fsp3) is 0.500. The summed E-state index contributed by atoms with van der Waals surface area (Å²) in [6, 6.07) is 3.77. The third-order valence-corrected chi connectivity index (χ3v) is 4.69. The highest BCUT2D eigenvalue weighted by molar-refractivity contribution is 5.75. The lowest BCUT2D eigenvalue weighted by molar-refractivity contribution is -0.139. The Morgan fingerprint density at radius 2 is 1.29 bits per heavy atom. The number of hydrogen-bond donors (Lipinski definition) is 2. The second-order valence-electron chi connectivity index (χ2n) is 6.33. The van der Waals surface area contributed by atoms with Crippen LogP contribution in [-0.4, -0.2) is 41.7 Å². The highest BCUT2D eigenvalue weighted by atomic mass is 16.4. The zero-order valence-electron chi connectivity index (χ0n) is 13.5. The minimum atomic E-state index is -0.693. The average Bonchev–Trinajstić information content (AvgIpc) is 3.41. The third kappa shape index (κ3) is 3.17. The van der Waals surface area contributed by atoms with Crippen molar-refractivity contribution >= 4 is 11.9 Å². The Hall–Kier alpha value is -2.64. The molecule has 2 saturated carbocycles. The molecule has 2 aliphatic carbocycles. The fourth-order valence-corrected chi connectivity index (χ4v) is 3.09. The molecule has 2 fully saturated rings. The minimum absolute atomic E-state index is 0.180. The molecule has 0 saturated heterocycles. The van der Waals surface area contributed by atoms with Gasteiger partial charge < -0.3 is 10.2 Å². The average molecular weight is 332 g/mol. The van der Waals surface area contributed by atoms with Gasteiger partial charge in [-0.3, -0.25) is 19.0 Å². The zero-order valence-corrected chi connectivity index (χ0v) is 13.5. The van der Waals surface area contributed by atoms with Gasteiger partial charge >= 0.3 is 11.9 Å². The van der Waals surface area contributed by atoms with E-state index >= 15 is 0 Å². The van der Waals surface area contributed by atoms with Gasteiger partial charge in [0.05, 0.1) is 11.8 Å². The first-order valence-corrected chi connectivity index (χ1v) is 7.81. The molecule has 24 heavy (non-hydrogen) atoms. The number of carbonyl (C=O) groups is 2. The third-order valence-electron chi connectivity index (χ3n) is 4.69. The van der Waals surface area contributed by atoms with Crippen molar-refractivity contribution in [3.63, 3.8) is 0 Å². The molecule has 2 aromatic rings. The molecule has 0 radical (unpaired) electrons. The fourth-order valence-electron chi connectivity index (χ4n) is 3.09. The molecule has 4 atom stereocenters. The molecule has 0 amide bonds. The van der Waals surface area contributed by atoms with Gasteiger partial charge in [0.2, 0.25) is 0 Å². The molecule has 2 aromatic heterocycles. The van der Waals surface area contributed by atoms with Crippen LogP contribution in [0.3, 0.4) is 0 Å². The van der Waals surface area contributed by atoms with Gasteiger partial charge in [-0.05, 0) is 25.0 Å². The summed E-state index contributed by atoms with van der Waals surface area (Å²) in [4.78, 5) is 21.1. The van der Waals surface area contributed by atoms with Crippen LogP contribution in [0.5, 0.6) is 0 Å². The Morgan fingerprint density at radius 1 is 0.917 bits per heavy atom. The summed E-state index contributed by atoms with van der Waals surface area (Å²) in [6.07, 6.45) is 4.92. The summed E-state index contributed by atoms with van der Waals surface area (Å²) in [6.45, 7) is 0. The Labute approximate surface area is 138 Å². The normalized spacial score (nSPS) is 27.1. The molecule has 2 N–H and O–H groups in total. The summed E-state index contributed by atoms with van der Waals surface area (Å²) >= 11 is 0. The number of carboxylic acid groups (broad SMARTS) is 2. The van der Waals surface area contributed by atoms with E-state index in [0.717, 1.165) is 24.2 Å². The lowest BCUT2D eigenvalue weighted by Crippen LogP contribution is -2.02. The van der Waals surface area contributed by atoms with E-state index in [1.807, 2.05) is 26.2 Å². The number of aromatic nitrogens is 4. The maximum atomic E-state index is 10.5. The molecule has 4 rings (SSSR count).